The standard InChI is InChI=1S/C20H25NO2/c1-4-18(16-11-7-5-8-12-16)20(23)21(3)15(2)19(22)17-13-9-6-10-14-17/h5-15,18-19,22H,4H2,1-3H3/t15-,18-,19+/m0/s1. The molecule has 3 heteroatoms. The fraction of sp³-hybridized carbons (Fsp3) is 0.350. The van der Waals surface area contributed by atoms with Crippen LogP contribution in [0.1, 0.15) is 43.4 Å². The van der Waals surface area contributed by atoms with E-state index in [1.165, 1.54) is 0 Å². The second-order valence-electron chi connectivity index (χ2n) is 5.92. The van der Waals surface area contributed by atoms with Gasteiger partial charge in [-0.2, -0.15) is 0 Å². The Hall–Kier alpha value is -2.13. The number of hydrogen-bond acceptors (Lipinski definition) is 2. The Balaban J connectivity index is 2.14. The van der Waals surface area contributed by atoms with Crippen LogP contribution in [0.15, 0.2) is 60.7 Å². The van der Waals surface area contributed by atoms with E-state index in [1.54, 1.807) is 11.9 Å². The van der Waals surface area contributed by atoms with Gasteiger partial charge in [-0.3, -0.25) is 4.79 Å². The molecule has 2 rings (SSSR count). The van der Waals surface area contributed by atoms with Gasteiger partial charge in [-0.1, -0.05) is 67.6 Å². The first-order chi connectivity index (χ1) is 11.1. The summed E-state index contributed by atoms with van der Waals surface area (Å²) in [4.78, 5) is 14.5. The molecule has 0 heterocycles. The van der Waals surface area contributed by atoms with Gasteiger partial charge in [0.2, 0.25) is 5.91 Å². The van der Waals surface area contributed by atoms with Crippen molar-refractivity contribution in [3.63, 3.8) is 0 Å². The quantitative estimate of drug-likeness (QED) is 0.882. The number of amides is 1. The van der Waals surface area contributed by atoms with Crippen molar-refractivity contribution in [3.05, 3.63) is 71.8 Å². The number of carbonyl (C=O) groups is 1. The van der Waals surface area contributed by atoms with Crippen LogP contribution in [0.2, 0.25) is 0 Å². The number of aliphatic hydroxyl groups excluding tert-OH is 1. The molecule has 3 nitrogen and oxygen atoms in total. The van der Waals surface area contributed by atoms with Gasteiger partial charge in [0.05, 0.1) is 18.1 Å². The second-order valence-corrected chi connectivity index (χ2v) is 5.92. The summed E-state index contributed by atoms with van der Waals surface area (Å²) in [6.45, 7) is 3.90. The summed E-state index contributed by atoms with van der Waals surface area (Å²) >= 11 is 0. The topological polar surface area (TPSA) is 40.5 Å². The lowest BCUT2D eigenvalue weighted by Gasteiger charge is -2.32. The minimum Gasteiger partial charge on any atom is -0.386 e. The first-order valence-electron chi connectivity index (χ1n) is 8.10. The molecule has 0 fully saturated rings. The Kier molecular flexibility index (Phi) is 5.94. The van der Waals surface area contributed by atoms with Crippen molar-refractivity contribution in [3.8, 4) is 0 Å². The van der Waals surface area contributed by atoms with E-state index >= 15 is 0 Å². The zero-order chi connectivity index (χ0) is 16.8. The van der Waals surface area contributed by atoms with Crippen LogP contribution in [0.4, 0.5) is 0 Å². The van der Waals surface area contributed by atoms with Crippen LogP contribution in [-0.2, 0) is 4.79 Å². The molecule has 2 aromatic carbocycles. The summed E-state index contributed by atoms with van der Waals surface area (Å²) in [6, 6.07) is 19.0. The molecular weight excluding hydrogens is 286 g/mol. The van der Waals surface area contributed by atoms with Crippen LogP contribution in [-0.4, -0.2) is 29.0 Å². The van der Waals surface area contributed by atoms with E-state index in [0.29, 0.717) is 0 Å². The van der Waals surface area contributed by atoms with Crippen molar-refractivity contribution in [1.29, 1.82) is 0 Å². The van der Waals surface area contributed by atoms with Gasteiger partial charge >= 0.3 is 0 Å². The average molecular weight is 311 g/mol. The predicted octanol–water partition coefficient (Wildman–Crippen LogP) is 3.76. The average Bonchev–Trinajstić information content (AvgIpc) is 2.62. The molecule has 0 aliphatic carbocycles. The maximum absolute atomic E-state index is 12.9. The largest absolute Gasteiger partial charge is 0.386 e. The maximum Gasteiger partial charge on any atom is 0.230 e. The molecule has 0 unspecified atom stereocenters. The highest BCUT2D eigenvalue weighted by molar-refractivity contribution is 5.83. The van der Waals surface area contributed by atoms with E-state index in [1.807, 2.05) is 74.5 Å². The molecule has 23 heavy (non-hydrogen) atoms. The van der Waals surface area contributed by atoms with Gasteiger partial charge in [0.15, 0.2) is 0 Å². The Bertz CT molecular complexity index is 612. The van der Waals surface area contributed by atoms with Crippen molar-refractivity contribution < 1.29 is 9.90 Å². The fourth-order valence-electron chi connectivity index (χ4n) is 2.83. The van der Waals surface area contributed by atoms with Gasteiger partial charge in [-0.25, -0.2) is 0 Å². The zero-order valence-corrected chi connectivity index (χ0v) is 14.0. The van der Waals surface area contributed by atoms with Gasteiger partial charge in [-0.15, -0.1) is 0 Å². The van der Waals surface area contributed by atoms with Crippen LogP contribution in [0.3, 0.4) is 0 Å². The molecule has 3 atom stereocenters. The highest BCUT2D eigenvalue weighted by Gasteiger charge is 2.28. The molecule has 0 saturated carbocycles. The third-order valence-corrected chi connectivity index (χ3v) is 4.46. The second kappa shape index (κ2) is 7.93. The third kappa shape index (κ3) is 3.99. The number of likely N-dealkylation sites (N-methyl/N-ethyl adjacent to an activating group) is 1. The number of rotatable bonds is 6. The highest BCUT2D eigenvalue weighted by Crippen LogP contribution is 2.26. The normalized spacial score (nSPS) is 14.8. The first-order valence-corrected chi connectivity index (χ1v) is 8.10. The SMILES string of the molecule is CC[C@H](C(=O)N(C)[C@@H](C)[C@@H](O)c1ccccc1)c1ccccc1. The van der Waals surface area contributed by atoms with Crippen molar-refractivity contribution in [1.82, 2.24) is 4.90 Å². The molecule has 0 radical (unpaired) electrons. The van der Waals surface area contributed by atoms with E-state index in [0.717, 1.165) is 17.5 Å². The lowest BCUT2D eigenvalue weighted by Crippen LogP contribution is -2.41. The molecule has 2 aromatic rings. The number of nitrogens with zero attached hydrogens (tertiary/aromatic N) is 1. The number of aliphatic hydroxyl groups is 1. The number of hydrogen-bond donors (Lipinski definition) is 1. The molecule has 0 aliphatic heterocycles. The van der Waals surface area contributed by atoms with Gasteiger partial charge in [0.25, 0.3) is 0 Å². The summed E-state index contributed by atoms with van der Waals surface area (Å²) in [6.07, 6.45) is 0.0415. The Morgan fingerprint density at radius 2 is 1.48 bits per heavy atom. The van der Waals surface area contributed by atoms with Crippen LogP contribution < -0.4 is 0 Å². The Morgan fingerprint density at radius 3 is 1.96 bits per heavy atom. The monoisotopic (exact) mass is 311 g/mol. The summed E-state index contributed by atoms with van der Waals surface area (Å²) < 4.78 is 0. The third-order valence-electron chi connectivity index (χ3n) is 4.46. The van der Waals surface area contributed by atoms with Crippen LogP contribution in [0, 0.1) is 0 Å². The lowest BCUT2D eigenvalue weighted by molar-refractivity contribution is -0.135. The molecular formula is C20H25NO2. The number of benzene rings is 2. The summed E-state index contributed by atoms with van der Waals surface area (Å²) in [5.41, 5.74) is 1.85. The fourth-order valence-corrected chi connectivity index (χ4v) is 2.83. The summed E-state index contributed by atoms with van der Waals surface area (Å²) in [5, 5.41) is 10.5. The predicted molar refractivity (Wildman–Crippen MR) is 93.1 cm³/mol. The van der Waals surface area contributed by atoms with E-state index in [-0.39, 0.29) is 17.9 Å². The van der Waals surface area contributed by atoms with E-state index < -0.39 is 6.10 Å². The van der Waals surface area contributed by atoms with Crippen molar-refractivity contribution >= 4 is 5.91 Å². The zero-order valence-electron chi connectivity index (χ0n) is 14.0. The van der Waals surface area contributed by atoms with Gasteiger partial charge in [0, 0.05) is 7.05 Å². The van der Waals surface area contributed by atoms with E-state index in [4.69, 9.17) is 0 Å². The Morgan fingerprint density at radius 1 is 1.00 bits per heavy atom. The van der Waals surface area contributed by atoms with Gasteiger partial charge < -0.3 is 10.0 Å². The van der Waals surface area contributed by atoms with Gasteiger partial charge in [-0.05, 0) is 24.5 Å². The lowest BCUT2D eigenvalue weighted by atomic mass is 9.93. The first kappa shape index (κ1) is 17.2. The van der Waals surface area contributed by atoms with Crippen molar-refractivity contribution in [2.24, 2.45) is 0 Å². The maximum atomic E-state index is 12.9. The molecule has 0 aromatic heterocycles. The van der Waals surface area contributed by atoms with Crippen LogP contribution >= 0.6 is 0 Å². The van der Waals surface area contributed by atoms with E-state index in [2.05, 4.69) is 0 Å². The Labute approximate surface area is 138 Å². The van der Waals surface area contributed by atoms with Crippen molar-refractivity contribution in [2.45, 2.75) is 38.3 Å². The van der Waals surface area contributed by atoms with Crippen LogP contribution in [0.5, 0.6) is 0 Å². The van der Waals surface area contributed by atoms with Crippen LogP contribution in [0.25, 0.3) is 0 Å². The summed E-state index contributed by atoms with van der Waals surface area (Å²) in [5.74, 6) is -0.132. The van der Waals surface area contributed by atoms with Crippen molar-refractivity contribution in [2.75, 3.05) is 7.05 Å². The molecule has 1 N–H and O–H groups in total. The van der Waals surface area contributed by atoms with Gasteiger partial charge in [0.1, 0.15) is 0 Å². The minimum absolute atomic E-state index is 0.0428. The molecule has 0 spiro atoms. The number of carbonyl (C=O) groups excluding carboxylic acids is 1. The van der Waals surface area contributed by atoms with E-state index in [9.17, 15) is 9.90 Å². The molecule has 0 bridgehead atoms. The molecule has 0 saturated heterocycles. The molecule has 122 valence electrons. The smallest absolute Gasteiger partial charge is 0.230 e. The molecule has 1 amide bonds. The molecule has 0 aliphatic rings. The minimum atomic E-state index is -0.696. The summed E-state index contributed by atoms with van der Waals surface area (Å²) in [7, 11) is 1.77. The highest BCUT2D eigenvalue weighted by atomic mass is 16.3.